The van der Waals surface area contributed by atoms with Crippen molar-refractivity contribution in [2.75, 3.05) is 10.6 Å². The van der Waals surface area contributed by atoms with Gasteiger partial charge in [-0.2, -0.15) is 10.1 Å². The average molecular weight is 449 g/mol. The van der Waals surface area contributed by atoms with Crippen molar-refractivity contribution in [1.82, 2.24) is 19.7 Å². The Morgan fingerprint density at radius 1 is 1.03 bits per heavy atom. The SMILES string of the molecule is Cn1ccc(-c2ccc(Nc3ncc(Cl)c(Nc4ccccc4C(=O)C(=O)O)n3)cc2)n1. The van der Waals surface area contributed by atoms with Gasteiger partial charge in [-0.05, 0) is 30.3 Å². The van der Waals surface area contributed by atoms with Crippen molar-refractivity contribution in [1.29, 1.82) is 0 Å². The van der Waals surface area contributed by atoms with E-state index in [4.69, 9.17) is 16.7 Å². The van der Waals surface area contributed by atoms with Gasteiger partial charge in [0.15, 0.2) is 5.82 Å². The molecule has 3 N–H and O–H groups in total. The fraction of sp³-hybridized carbons (Fsp3) is 0.0455. The van der Waals surface area contributed by atoms with Crippen molar-refractivity contribution < 1.29 is 14.7 Å². The van der Waals surface area contributed by atoms with Gasteiger partial charge in [0, 0.05) is 24.5 Å². The molecule has 9 nitrogen and oxygen atoms in total. The number of benzene rings is 2. The predicted octanol–water partition coefficient (Wildman–Crippen LogP) is 4.29. The molecule has 0 aliphatic carbocycles. The average Bonchev–Trinajstić information content (AvgIpc) is 3.22. The van der Waals surface area contributed by atoms with E-state index in [0.29, 0.717) is 0 Å². The van der Waals surface area contributed by atoms with Gasteiger partial charge in [0.25, 0.3) is 5.78 Å². The molecule has 10 heteroatoms. The number of rotatable bonds is 7. The van der Waals surface area contributed by atoms with E-state index in [1.54, 1.807) is 22.9 Å². The highest BCUT2D eigenvalue weighted by Gasteiger charge is 2.19. The van der Waals surface area contributed by atoms with E-state index in [1.165, 1.54) is 12.3 Å². The molecule has 2 aromatic carbocycles. The predicted molar refractivity (Wildman–Crippen MR) is 121 cm³/mol. The van der Waals surface area contributed by atoms with Crippen LogP contribution in [-0.4, -0.2) is 36.6 Å². The van der Waals surface area contributed by atoms with Gasteiger partial charge in [-0.1, -0.05) is 35.9 Å². The second kappa shape index (κ2) is 8.86. The van der Waals surface area contributed by atoms with Crippen molar-refractivity contribution >= 4 is 46.5 Å². The van der Waals surface area contributed by atoms with Crippen LogP contribution in [0.4, 0.5) is 23.1 Å². The molecule has 0 fully saturated rings. The standard InChI is InChI=1S/C22H17ClN6O3/c1-29-11-10-17(28-29)13-6-8-14(9-7-13)25-22-24-12-16(23)20(27-22)26-18-5-3-2-4-15(18)19(30)21(31)32/h2-12H,1H3,(H,31,32)(H2,24,25,26,27). The fourth-order valence-electron chi connectivity index (χ4n) is 2.97. The van der Waals surface area contributed by atoms with E-state index in [9.17, 15) is 9.59 Å². The Morgan fingerprint density at radius 2 is 1.78 bits per heavy atom. The molecule has 4 aromatic rings. The monoisotopic (exact) mass is 448 g/mol. The highest BCUT2D eigenvalue weighted by Crippen LogP contribution is 2.27. The minimum atomic E-state index is -1.55. The maximum atomic E-state index is 12.0. The number of aryl methyl sites for hydroxylation is 1. The summed E-state index contributed by atoms with van der Waals surface area (Å²) in [6.45, 7) is 0. The molecular formula is C22H17ClN6O3. The zero-order chi connectivity index (χ0) is 22.7. The number of carbonyl (C=O) groups is 2. The van der Waals surface area contributed by atoms with Crippen LogP contribution in [0.25, 0.3) is 11.3 Å². The number of aliphatic carboxylic acids is 1. The highest BCUT2D eigenvalue weighted by molar-refractivity contribution is 6.41. The normalized spacial score (nSPS) is 10.6. The maximum absolute atomic E-state index is 12.0. The van der Waals surface area contributed by atoms with E-state index >= 15 is 0 Å². The minimum absolute atomic E-state index is 0.00528. The minimum Gasteiger partial charge on any atom is -0.475 e. The van der Waals surface area contributed by atoms with Crippen LogP contribution in [0.2, 0.25) is 5.02 Å². The Kier molecular flexibility index (Phi) is 5.82. The number of Topliss-reactive ketones (excluding diaryl/α,β-unsaturated/α-hetero) is 1. The zero-order valence-electron chi connectivity index (χ0n) is 16.8. The summed E-state index contributed by atoms with van der Waals surface area (Å²) in [6.07, 6.45) is 3.28. The molecule has 0 atom stereocenters. The Labute approximate surface area is 187 Å². The van der Waals surface area contributed by atoms with E-state index in [0.717, 1.165) is 16.9 Å². The maximum Gasteiger partial charge on any atom is 0.377 e. The van der Waals surface area contributed by atoms with Crippen molar-refractivity contribution in [2.24, 2.45) is 7.05 Å². The molecule has 160 valence electrons. The summed E-state index contributed by atoms with van der Waals surface area (Å²) in [5, 5.41) is 19.6. The lowest BCUT2D eigenvalue weighted by Gasteiger charge is -2.12. The summed E-state index contributed by atoms with van der Waals surface area (Å²) in [5.41, 5.74) is 2.85. The Hall–Kier alpha value is -4.24. The van der Waals surface area contributed by atoms with Gasteiger partial charge in [0.2, 0.25) is 5.95 Å². The second-order valence-electron chi connectivity index (χ2n) is 6.77. The molecule has 0 radical (unpaired) electrons. The van der Waals surface area contributed by atoms with Gasteiger partial charge < -0.3 is 15.7 Å². The van der Waals surface area contributed by atoms with Crippen molar-refractivity contribution in [2.45, 2.75) is 0 Å². The van der Waals surface area contributed by atoms with Crippen LogP contribution in [-0.2, 0) is 11.8 Å². The smallest absolute Gasteiger partial charge is 0.377 e. The quantitative estimate of drug-likeness (QED) is 0.283. The summed E-state index contributed by atoms with van der Waals surface area (Å²) in [5.74, 6) is -2.10. The third kappa shape index (κ3) is 4.57. The lowest BCUT2D eigenvalue weighted by molar-refractivity contribution is -0.131. The first-order chi connectivity index (χ1) is 15.4. The number of anilines is 4. The molecule has 0 saturated carbocycles. The Balaban J connectivity index is 1.55. The summed E-state index contributed by atoms with van der Waals surface area (Å²) < 4.78 is 1.74. The third-order valence-electron chi connectivity index (χ3n) is 4.51. The Bertz CT molecular complexity index is 1300. The number of hydrogen-bond acceptors (Lipinski definition) is 7. The number of halogens is 1. The number of nitrogens with one attached hydrogen (secondary N) is 2. The fourth-order valence-corrected chi connectivity index (χ4v) is 3.11. The number of aromatic nitrogens is 4. The molecule has 0 unspecified atom stereocenters. The number of ketones is 1. The van der Waals surface area contributed by atoms with Crippen LogP contribution in [0.5, 0.6) is 0 Å². The number of carbonyl (C=O) groups excluding carboxylic acids is 1. The summed E-state index contributed by atoms with van der Waals surface area (Å²) in [6, 6.07) is 15.7. The molecular weight excluding hydrogens is 432 g/mol. The van der Waals surface area contributed by atoms with Crippen LogP contribution in [0, 0.1) is 0 Å². The first-order valence-corrected chi connectivity index (χ1v) is 9.82. The molecule has 4 rings (SSSR count). The van der Waals surface area contributed by atoms with Crippen LogP contribution >= 0.6 is 11.6 Å². The molecule has 0 saturated heterocycles. The van der Waals surface area contributed by atoms with Gasteiger partial charge in [0.1, 0.15) is 5.02 Å². The number of nitrogens with zero attached hydrogens (tertiary/aromatic N) is 4. The van der Waals surface area contributed by atoms with Gasteiger partial charge in [-0.15, -0.1) is 0 Å². The Morgan fingerprint density at radius 3 is 2.47 bits per heavy atom. The van der Waals surface area contributed by atoms with E-state index in [1.807, 2.05) is 43.6 Å². The molecule has 2 heterocycles. The molecule has 32 heavy (non-hydrogen) atoms. The van der Waals surface area contributed by atoms with Crippen molar-refractivity contribution in [3.05, 3.63) is 77.6 Å². The number of para-hydroxylation sites is 1. The topological polar surface area (TPSA) is 122 Å². The molecule has 2 aromatic heterocycles. The first kappa shape index (κ1) is 21.0. The van der Waals surface area contributed by atoms with Crippen LogP contribution < -0.4 is 10.6 Å². The van der Waals surface area contributed by atoms with Gasteiger partial charge >= 0.3 is 5.97 Å². The number of carboxylic acid groups (broad SMARTS) is 1. The number of hydrogen-bond donors (Lipinski definition) is 3. The van der Waals surface area contributed by atoms with Crippen molar-refractivity contribution in [3.63, 3.8) is 0 Å². The second-order valence-corrected chi connectivity index (χ2v) is 7.18. The van der Waals surface area contributed by atoms with E-state index in [2.05, 4.69) is 25.7 Å². The summed E-state index contributed by atoms with van der Waals surface area (Å²) in [4.78, 5) is 31.6. The molecule has 0 bridgehead atoms. The van der Waals surface area contributed by atoms with Crippen LogP contribution in [0.3, 0.4) is 0 Å². The molecule has 0 aliphatic rings. The zero-order valence-corrected chi connectivity index (χ0v) is 17.5. The summed E-state index contributed by atoms with van der Waals surface area (Å²) >= 11 is 6.21. The number of carboxylic acids is 1. The molecule has 0 amide bonds. The van der Waals surface area contributed by atoms with Crippen molar-refractivity contribution in [3.8, 4) is 11.3 Å². The summed E-state index contributed by atoms with van der Waals surface area (Å²) in [7, 11) is 1.86. The van der Waals surface area contributed by atoms with Gasteiger partial charge in [-0.25, -0.2) is 9.78 Å². The third-order valence-corrected chi connectivity index (χ3v) is 4.79. The van der Waals surface area contributed by atoms with Crippen LogP contribution in [0.15, 0.2) is 67.0 Å². The molecule has 0 spiro atoms. The highest BCUT2D eigenvalue weighted by atomic mass is 35.5. The van der Waals surface area contributed by atoms with Gasteiger partial charge in [-0.3, -0.25) is 9.48 Å². The molecule has 0 aliphatic heterocycles. The van der Waals surface area contributed by atoms with E-state index in [-0.39, 0.29) is 28.0 Å². The lowest BCUT2D eigenvalue weighted by Crippen LogP contribution is -2.14. The van der Waals surface area contributed by atoms with Crippen LogP contribution in [0.1, 0.15) is 10.4 Å². The largest absolute Gasteiger partial charge is 0.475 e. The first-order valence-electron chi connectivity index (χ1n) is 9.44. The van der Waals surface area contributed by atoms with Gasteiger partial charge in [0.05, 0.1) is 23.1 Å². The van der Waals surface area contributed by atoms with E-state index < -0.39 is 11.8 Å². The lowest BCUT2D eigenvalue weighted by atomic mass is 10.1.